The van der Waals surface area contributed by atoms with E-state index in [0.29, 0.717) is 0 Å². The average Bonchev–Trinajstić information content (AvgIpc) is 2.69. The second-order valence-electron chi connectivity index (χ2n) is 6.66. The van der Waals surface area contributed by atoms with Gasteiger partial charge in [-0.1, -0.05) is 33.6 Å². The van der Waals surface area contributed by atoms with Gasteiger partial charge in [0.05, 0.1) is 0 Å². The first kappa shape index (κ1) is 21.1. The highest BCUT2D eigenvalue weighted by atomic mass is 79.9. The van der Waals surface area contributed by atoms with E-state index in [4.69, 9.17) is 4.74 Å². The fraction of sp³-hybridized carbons (Fsp3) is 0.571. The number of carbonyl (C=O) groups is 1. The van der Waals surface area contributed by atoms with Gasteiger partial charge >= 0.3 is 0 Å². The molecule has 1 aliphatic rings. The summed E-state index contributed by atoms with van der Waals surface area (Å²) in [5.41, 5.74) is 3.38. The van der Waals surface area contributed by atoms with Gasteiger partial charge in [0.25, 0.3) is 5.91 Å². The fourth-order valence-corrected chi connectivity index (χ4v) is 4.02. The minimum atomic E-state index is 0.106. The van der Waals surface area contributed by atoms with Crippen molar-refractivity contribution in [3.63, 3.8) is 0 Å². The van der Waals surface area contributed by atoms with Crippen molar-refractivity contribution < 1.29 is 9.53 Å². The molecule has 0 saturated carbocycles. The molecule has 5 heteroatoms. The molecule has 0 aliphatic carbocycles. The summed E-state index contributed by atoms with van der Waals surface area (Å²) in [4.78, 5) is 16.8. The number of rotatable bonds is 8. The van der Waals surface area contributed by atoms with Gasteiger partial charge in [-0.3, -0.25) is 4.79 Å². The second kappa shape index (κ2) is 10.9. The molecule has 0 aromatic heterocycles. The molecule has 4 nitrogen and oxygen atoms in total. The number of benzene rings is 1. The van der Waals surface area contributed by atoms with Gasteiger partial charge in [-0.05, 0) is 50.8 Å². The van der Waals surface area contributed by atoms with Crippen LogP contribution in [0.3, 0.4) is 0 Å². The zero-order chi connectivity index (χ0) is 18.9. The normalized spacial score (nSPS) is 15.2. The zero-order valence-electron chi connectivity index (χ0n) is 16.3. The van der Waals surface area contributed by atoms with Crippen LogP contribution < -0.4 is 0 Å². The largest absolute Gasteiger partial charge is 0.385 e. The van der Waals surface area contributed by atoms with E-state index >= 15 is 0 Å². The van der Waals surface area contributed by atoms with Crippen molar-refractivity contribution in [3.8, 4) is 0 Å². The Balaban J connectivity index is 1.98. The van der Waals surface area contributed by atoms with E-state index in [0.717, 1.165) is 69.7 Å². The summed E-state index contributed by atoms with van der Waals surface area (Å²) in [6, 6.07) is 7.99. The van der Waals surface area contributed by atoms with Crippen molar-refractivity contribution in [2.75, 3.05) is 46.4 Å². The predicted molar refractivity (Wildman–Crippen MR) is 112 cm³/mol. The Morgan fingerprint density at radius 1 is 1.12 bits per heavy atom. The molecule has 1 amide bonds. The van der Waals surface area contributed by atoms with E-state index in [1.54, 1.807) is 7.11 Å². The van der Waals surface area contributed by atoms with Gasteiger partial charge in [-0.25, -0.2) is 0 Å². The number of halogens is 1. The Labute approximate surface area is 166 Å². The molecule has 0 unspecified atom stereocenters. The number of hydrogen-bond donors (Lipinski definition) is 0. The van der Waals surface area contributed by atoms with Crippen molar-refractivity contribution in [3.05, 3.63) is 41.0 Å². The van der Waals surface area contributed by atoms with E-state index in [9.17, 15) is 4.79 Å². The number of methoxy groups -OCH3 is 1. The lowest BCUT2D eigenvalue weighted by molar-refractivity contribution is 0.0773. The van der Waals surface area contributed by atoms with E-state index in [1.165, 1.54) is 10.1 Å². The van der Waals surface area contributed by atoms with Crippen molar-refractivity contribution >= 4 is 26.3 Å². The highest BCUT2D eigenvalue weighted by molar-refractivity contribution is 9.15. The Kier molecular flexibility index (Phi) is 8.82. The van der Waals surface area contributed by atoms with Crippen LogP contribution in [0.25, 0.3) is 4.48 Å². The average molecular weight is 423 g/mol. The maximum atomic E-state index is 12.4. The highest BCUT2D eigenvalue weighted by Crippen LogP contribution is 2.31. The van der Waals surface area contributed by atoms with Crippen molar-refractivity contribution in [1.82, 2.24) is 9.80 Å². The molecule has 0 N–H and O–H groups in total. The van der Waals surface area contributed by atoms with Gasteiger partial charge in [0.2, 0.25) is 0 Å². The molecule has 0 atom stereocenters. The van der Waals surface area contributed by atoms with Crippen molar-refractivity contribution in [2.24, 2.45) is 0 Å². The summed E-state index contributed by atoms with van der Waals surface area (Å²) in [6.07, 6.45) is 3.28. The molecule has 1 aromatic rings. The number of likely N-dealkylation sites (tertiary alicyclic amines) is 1. The predicted octanol–water partition coefficient (Wildman–Crippen LogP) is 4.41. The summed E-state index contributed by atoms with van der Waals surface area (Å²) in [5.74, 6) is 0.106. The molecular weight excluding hydrogens is 392 g/mol. The molecule has 1 aromatic carbocycles. The third-order valence-electron chi connectivity index (χ3n) is 5.03. The molecule has 26 heavy (non-hydrogen) atoms. The number of nitrogens with zero attached hydrogens (tertiary/aromatic N) is 2. The number of piperidine rings is 1. The fourth-order valence-electron chi connectivity index (χ4n) is 3.36. The van der Waals surface area contributed by atoms with Gasteiger partial charge < -0.3 is 14.5 Å². The monoisotopic (exact) mass is 422 g/mol. The lowest BCUT2D eigenvalue weighted by Gasteiger charge is -2.29. The number of hydrogen-bond acceptors (Lipinski definition) is 3. The molecule has 0 bridgehead atoms. The molecular formula is C21H31BrN2O2. The van der Waals surface area contributed by atoms with E-state index < -0.39 is 0 Å². The first-order valence-corrected chi connectivity index (χ1v) is 10.4. The minimum absolute atomic E-state index is 0.106. The van der Waals surface area contributed by atoms with Crippen LogP contribution >= 0.6 is 15.9 Å². The number of amides is 1. The van der Waals surface area contributed by atoms with Crippen LogP contribution in [0.4, 0.5) is 0 Å². The van der Waals surface area contributed by atoms with Crippen molar-refractivity contribution in [2.45, 2.75) is 33.1 Å². The molecule has 2 rings (SSSR count). The second-order valence-corrected chi connectivity index (χ2v) is 7.45. The molecule has 1 aliphatic heterocycles. The maximum absolute atomic E-state index is 12.4. The maximum Gasteiger partial charge on any atom is 0.253 e. The topological polar surface area (TPSA) is 32.8 Å². The summed E-state index contributed by atoms with van der Waals surface area (Å²) in [6.45, 7) is 9.66. The Bertz CT molecular complexity index is 599. The van der Waals surface area contributed by atoms with Crippen LogP contribution in [0.15, 0.2) is 29.8 Å². The minimum Gasteiger partial charge on any atom is -0.385 e. The highest BCUT2D eigenvalue weighted by Gasteiger charge is 2.17. The van der Waals surface area contributed by atoms with Crippen LogP contribution in [0.2, 0.25) is 0 Å². The molecule has 1 saturated heterocycles. The third-order valence-corrected chi connectivity index (χ3v) is 6.05. The summed E-state index contributed by atoms with van der Waals surface area (Å²) in [5, 5.41) is 0. The van der Waals surface area contributed by atoms with E-state index in [-0.39, 0.29) is 5.91 Å². The van der Waals surface area contributed by atoms with Crippen LogP contribution in [0.1, 0.15) is 49.0 Å². The van der Waals surface area contributed by atoms with Crippen LogP contribution in [0.5, 0.6) is 0 Å². The molecule has 144 valence electrons. The first-order valence-electron chi connectivity index (χ1n) is 9.59. The quantitative estimate of drug-likeness (QED) is 0.581. The lowest BCUT2D eigenvalue weighted by Crippen LogP contribution is -2.32. The van der Waals surface area contributed by atoms with Gasteiger partial charge in [0.15, 0.2) is 0 Å². The van der Waals surface area contributed by atoms with E-state index in [1.807, 2.05) is 30.9 Å². The van der Waals surface area contributed by atoms with Gasteiger partial charge in [0.1, 0.15) is 0 Å². The Hall–Kier alpha value is -1.17. The third kappa shape index (κ3) is 5.66. The first-order chi connectivity index (χ1) is 12.6. The lowest BCUT2D eigenvalue weighted by atomic mass is 10.00. The SMILES string of the molecule is CCN(CC)C(=O)c1ccc(C(Br)=C2CCN(CCCOC)CC2)cc1. The molecule has 1 heterocycles. The Morgan fingerprint density at radius 3 is 2.23 bits per heavy atom. The van der Waals surface area contributed by atoms with Crippen LogP contribution in [-0.2, 0) is 4.74 Å². The van der Waals surface area contributed by atoms with Gasteiger partial charge in [-0.2, -0.15) is 0 Å². The Morgan fingerprint density at radius 2 is 1.69 bits per heavy atom. The van der Waals surface area contributed by atoms with Gasteiger partial charge in [0, 0.05) is 56.5 Å². The number of carbonyl (C=O) groups excluding carboxylic acids is 1. The summed E-state index contributed by atoms with van der Waals surface area (Å²) in [7, 11) is 1.76. The van der Waals surface area contributed by atoms with Gasteiger partial charge in [-0.15, -0.1) is 0 Å². The zero-order valence-corrected chi connectivity index (χ0v) is 17.8. The smallest absolute Gasteiger partial charge is 0.253 e. The van der Waals surface area contributed by atoms with Crippen LogP contribution in [-0.4, -0.2) is 62.1 Å². The standard InChI is InChI=1S/C21H31BrN2O2/c1-4-24(5-2)21(25)19-9-7-17(8-10-19)20(22)18-11-14-23(15-12-18)13-6-16-26-3/h7-10H,4-6,11-16H2,1-3H3. The molecule has 0 spiro atoms. The van der Waals surface area contributed by atoms with E-state index in [2.05, 4.69) is 33.0 Å². The molecule has 0 radical (unpaired) electrons. The summed E-state index contributed by atoms with van der Waals surface area (Å²) >= 11 is 3.79. The molecule has 1 fully saturated rings. The number of ether oxygens (including phenoxy) is 1. The van der Waals surface area contributed by atoms with Crippen LogP contribution in [0, 0.1) is 0 Å². The summed E-state index contributed by atoms with van der Waals surface area (Å²) < 4.78 is 6.33. The van der Waals surface area contributed by atoms with Crippen molar-refractivity contribution in [1.29, 1.82) is 0 Å².